The summed E-state index contributed by atoms with van der Waals surface area (Å²) in [7, 11) is 1.54. The van der Waals surface area contributed by atoms with E-state index < -0.39 is 0 Å². The summed E-state index contributed by atoms with van der Waals surface area (Å²) in [4.78, 5) is 12.2. The van der Waals surface area contributed by atoms with Crippen LogP contribution in [0.3, 0.4) is 0 Å². The number of nitrogen functional groups attached to an aromatic ring is 1. The first-order chi connectivity index (χ1) is 10.3. The van der Waals surface area contributed by atoms with Gasteiger partial charge in [0.15, 0.2) is 0 Å². The minimum Gasteiger partial charge on any atom is -0.495 e. The standard InChI is InChI=1S/C18H22N2O2/c1-18(2,3)13-6-8-14(9-7-13)20-17(21)12-5-10-16(22-4)15(19)11-12/h5-11H,19H2,1-4H3,(H,20,21). The van der Waals surface area contributed by atoms with E-state index in [1.165, 1.54) is 5.56 Å². The second-order valence-corrected chi connectivity index (χ2v) is 6.24. The molecule has 3 N–H and O–H groups in total. The maximum absolute atomic E-state index is 12.2. The van der Waals surface area contributed by atoms with Crippen molar-refractivity contribution in [1.82, 2.24) is 0 Å². The molecule has 0 aliphatic heterocycles. The lowest BCUT2D eigenvalue weighted by Crippen LogP contribution is -2.14. The van der Waals surface area contributed by atoms with Crippen LogP contribution in [-0.2, 0) is 5.41 Å². The van der Waals surface area contributed by atoms with Crippen LogP contribution < -0.4 is 15.8 Å². The third-order valence-electron chi connectivity index (χ3n) is 3.50. The molecule has 2 rings (SSSR count). The Hall–Kier alpha value is -2.49. The molecule has 22 heavy (non-hydrogen) atoms. The summed E-state index contributed by atoms with van der Waals surface area (Å²) in [6.07, 6.45) is 0. The lowest BCUT2D eigenvalue weighted by Gasteiger charge is -2.19. The van der Waals surface area contributed by atoms with Crippen LogP contribution >= 0.6 is 0 Å². The van der Waals surface area contributed by atoms with Gasteiger partial charge in [0.2, 0.25) is 0 Å². The van der Waals surface area contributed by atoms with E-state index in [1.807, 2.05) is 24.3 Å². The molecule has 0 radical (unpaired) electrons. The van der Waals surface area contributed by atoms with Gasteiger partial charge in [0.05, 0.1) is 12.8 Å². The van der Waals surface area contributed by atoms with E-state index in [9.17, 15) is 4.79 Å². The van der Waals surface area contributed by atoms with Gasteiger partial charge in [-0.1, -0.05) is 32.9 Å². The summed E-state index contributed by atoms with van der Waals surface area (Å²) < 4.78 is 5.09. The van der Waals surface area contributed by atoms with E-state index in [-0.39, 0.29) is 11.3 Å². The van der Waals surface area contributed by atoms with Crippen LogP contribution in [0.15, 0.2) is 42.5 Å². The predicted octanol–water partition coefficient (Wildman–Crippen LogP) is 3.83. The van der Waals surface area contributed by atoms with Crippen LogP contribution in [0.2, 0.25) is 0 Å². The molecular formula is C18H22N2O2. The van der Waals surface area contributed by atoms with E-state index >= 15 is 0 Å². The second kappa shape index (κ2) is 6.10. The molecule has 0 fully saturated rings. The van der Waals surface area contributed by atoms with Gasteiger partial charge in [-0.25, -0.2) is 0 Å². The number of methoxy groups -OCH3 is 1. The SMILES string of the molecule is COc1ccc(C(=O)Nc2ccc(C(C)(C)C)cc2)cc1N. The van der Waals surface area contributed by atoms with Crippen molar-refractivity contribution < 1.29 is 9.53 Å². The largest absolute Gasteiger partial charge is 0.495 e. The van der Waals surface area contributed by atoms with E-state index in [1.54, 1.807) is 25.3 Å². The van der Waals surface area contributed by atoms with Crippen LogP contribution in [0, 0.1) is 0 Å². The fourth-order valence-corrected chi connectivity index (χ4v) is 2.13. The predicted molar refractivity (Wildman–Crippen MR) is 90.5 cm³/mol. The Morgan fingerprint density at radius 3 is 2.23 bits per heavy atom. The number of carbonyl (C=O) groups excluding carboxylic acids is 1. The van der Waals surface area contributed by atoms with E-state index in [4.69, 9.17) is 10.5 Å². The molecule has 4 heteroatoms. The molecule has 0 saturated carbocycles. The number of hydrogen-bond donors (Lipinski definition) is 2. The number of anilines is 2. The molecule has 0 saturated heterocycles. The monoisotopic (exact) mass is 298 g/mol. The zero-order valence-corrected chi connectivity index (χ0v) is 13.4. The number of nitrogens with two attached hydrogens (primary N) is 1. The Balaban J connectivity index is 2.13. The highest BCUT2D eigenvalue weighted by Crippen LogP contribution is 2.25. The Kier molecular flexibility index (Phi) is 4.40. The van der Waals surface area contributed by atoms with Gasteiger partial charge in [0.1, 0.15) is 5.75 Å². The Morgan fingerprint density at radius 1 is 1.09 bits per heavy atom. The molecule has 0 aliphatic carbocycles. The molecule has 4 nitrogen and oxygen atoms in total. The number of carbonyl (C=O) groups is 1. The number of rotatable bonds is 3. The van der Waals surface area contributed by atoms with E-state index in [2.05, 4.69) is 26.1 Å². The van der Waals surface area contributed by atoms with Crippen molar-refractivity contribution in [3.05, 3.63) is 53.6 Å². The summed E-state index contributed by atoms with van der Waals surface area (Å²) in [5.41, 5.74) is 8.84. The van der Waals surface area contributed by atoms with Gasteiger partial charge in [0, 0.05) is 11.3 Å². The fourth-order valence-electron chi connectivity index (χ4n) is 2.13. The molecule has 2 aromatic carbocycles. The second-order valence-electron chi connectivity index (χ2n) is 6.24. The molecule has 0 unspecified atom stereocenters. The van der Waals surface area contributed by atoms with Gasteiger partial charge in [-0.05, 0) is 41.3 Å². The first-order valence-electron chi connectivity index (χ1n) is 7.16. The highest BCUT2D eigenvalue weighted by Gasteiger charge is 2.14. The average Bonchev–Trinajstić information content (AvgIpc) is 2.46. The van der Waals surface area contributed by atoms with Crippen molar-refractivity contribution >= 4 is 17.3 Å². The highest BCUT2D eigenvalue weighted by atomic mass is 16.5. The van der Waals surface area contributed by atoms with Gasteiger partial charge in [0.25, 0.3) is 5.91 Å². The van der Waals surface area contributed by atoms with Crippen molar-refractivity contribution in [3.8, 4) is 5.75 Å². The third kappa shape index (κ3) is 3.58. The molecule has 0 spiro atoms. The van der Waals surface area contributed by atoms with Crippen molar-refractivity contribution in [2.24, 2.45) is 0 Å². The molecule has 0 aliphatic rings. The highest BCUT2D eigenvalue weighted by molar-refractivity contribution is 6.05. The topological polar surface area (TPSA) is 64.3 Å². The van der Waals surface area contributed by atoms with E-state index in [0.29, 0.717) is 17.0 Å². The third-order valence-corrected chi connectivity index (χ3v) is 3.50. The fraction of sp³-hybridized carbons (Fsp3) is 0.278. The van der Waals surface area contributed by atoms with Crippen molar-refractivity contribution in [1.29, 1.82) is 0 Å². The summed E-state index contributed by atoms with van der Waals surface area (Å²) in [6.45, 7) is 6.46. The molecule has 2 aromatic rings. The quantitative estimate of drug-likeness (QED) is 0.846. The zero-order chi connectivity index (χ0) is 16.3. The van der Waals surface area contributed by atoms with Gasteiger partial charge in [-0.3, -0.25) is 4.79 Å². The first kappa shape index (κ1) is 15.9. The van der Waals surface area contributed by atoms with Crippen LogP contribution in [0.4, 0.5) is 11.4 Å². The number of amides is 1. The first-order valence-corrected chi connectivity index (χ1v) is 7.16. The minimum atomic E-state index is -0.196. The Bertz CT molecular complexity index is 670. The molecule has 1 amide bonds. The van der Waals surface area contributed by atoms with Crippen LogP contribution in [0.25, 0.3) is 0 Å². The lowest BCUT2D eigenvalue weighted by molar-refractivity contribution is 0.102. The number of hydrogen-bond acceptors (Lipinski definition) is 3. The molecule has 116 valence electrons. The van der Waals surface area contributed by atoms with Crippen LogP contribution in [0.1, 0.15) is 36.7 Å². The lowest BCUT2D eigenvalue weighted by atomic mass is 9.87. The molecule has 0 heterocycles. The normalized spacial score (nSPS) is 11.1. The summed E-state index contributed by atoms with van der Waals surface area (Å²) in [5, 5.41) is 2.87. The minimum absolute atomic E-state index is 0.0903. The van der Waals surface area contributed by atoms with Crippen LogP contribution in [0.5, 0.6) is 5.75 Å². The van der Waals surface area contributed by atoms with Crippen LogP contribution in [-0.4, -0.2) is 13.0 Å². The van der Waals surface area contributed by atoms with Crippen molar-refractivity contribution in [2.45, 2.75) is 26.2 Å². The Labute approximate surface area is 131 Å². The Morgan fingerprint density at radius 2 is 1.73 bits per heavy atom. The number of nitrogens with one attached hydrogen (secondary N) is 1. The molecule has 0 aromatic heterocycles. The summed E-state index contributed by atoms with van der Waals surface area (Å²) in [6, 6.07) is 12.9. The average molecular weight is 298 g/mol. The maximum Gasteiger partial charge on any atom is 0.255 e. The summed E-state index contributed by atoms with van der Waals surface area (Å²) in [5.74, 6) is 0.365. The molecule has 0 atom stereocenters. The van der Waals surface area contributed by atoms with Crippen molar-refractivity contribution in [2.75, 3.05) is 18.2 Å². The van der Waals surface area contributed by atoms with Gasteiger partial charge >= 0.3 is 0 Å². The smallest absolute Gasteiger partial charge is 0.255 e. The maximum atomic E-state index is 12.2. The number of benzene rings is 2. The zero-order valence-electron chi connectivity index (χ0n) is 13.4. The summed E-state index contributed by atoms with van der Waals surface area (Å²) >= 11 is 0. The van der Waals surface area contributed by atoms with E-state index in [0.717, 1.165) is 5.69 Å². The van der Waals surface area contributed by atoms with Crippen molar-refractivity contribution in [3.63, 3.8) is 0 Å². The van der Waals surface area contributed by atoms with Gasteiger partial charge in [-0.15, -0.1) is 0 Å². The number of ether oxygens (including phenoxy) is 1. The van der Waals surface area contributed by atoms with Gasteiger partial charge in [-0.2, -0.15) is 0 Å². The molecule has 0 bridgehead atoms. The van der Waals surface area contributed by atoms with Gasteiger partial charge < -0.3 is 15.8 Å². The molecular weight excluding hydrogens is 276 g/mol.